The Bertz CT molecular complexity index is 1070. The van der Waals surface area contributed by atoms with Crippen LogP contribution in [0.25, 0.3) is 0 Å². The number of furan rings is 1. The number of thioether (sulfide) groups is 1. The van der Waals surface area contributed by atoms with Crippen molar-refractivity contribution in [2.45, 2.75) is 12.8 Å². The van der Waals surface area contributed by atoms with Crippen LogP contribution in [-0.4, -0.2) is 24.2 Å². The van der Waals surface area contributed by atoms with Crippen molar-refractivity contribution in [3.05, 3.63) is 89.0 Å². The number of nitriles is 1. The summed E-state index contributed by atoms with van der Waals surface area (Å²) < 4.78 is 10.8. The maximum absolute atomic E-state index is 12.7. The number of nitrogens with zero attached hydrogens (tertiary/aromatic N) is 1. The second-order valence-electron chi connectivity index (χ2n) is 6.56. The average Bonchev–Trinajstić information content (AvgIpc) is 3.30. The van der Waals surface area contributed by atoms with Crippen molar-refractivity contribution in [1.82, 2.24) is 5.32 Å². The number of esters is 1. The molecule has 0 spiro atoms. The molecule has 3 rings (SSSR count). The molecule has 2 N–H and O–H groups in total. The van der Waals surface area contributed by atoms with Gasteiger partial charge in [0, 0.05) is 11.4 Å². The van der Waals surface area contributed by atoms with Gasteiger partial charge in [-0.25, -0.2) is 4.79 Å². The number of rotatable bonds is 8. The van der Waals surface area contributed by atoms with E-state index in [1.54, 1.807) is 31.2 Å². The number of hydrogen-bond acceptors (Lipinski definition) is 7. The van der Waals surface area contributed by atoms with Gasteiger partial charge < -0.3 is 19.8 Å². The van der Waals surface area contributed by atoms with E-state index in [0.717, 1.165) is 0 Å². The first-order chi connectivity index (χ1) is 15.0. The summed E-state index contributed by atoms with van der Waals surface area (Å²) in [5.74, 6) is -0.996. The molecule has 0 aliphatic carbocycles. The molecule has 31 heavy (non-hydrogen) atoms. The fraction of sp³-hybridized carbons (Fsp3) is 0.174. The van der Waals surface area contributed by atoms with Gasteiger partial charge in [0.15, 0.2) is 0 Å². The highest BCUT2D eigenvalue weighted by Crippen LogP contribution is 2.41. The van der Waals surface area contributed by atoms with Gasteiger partial charge in [-0.05, 0) is 31.2 Å². The van der Waals surface area contributed by atoms with Crippen molar-refractivity contribution in [2.75, 3.05) is 17.7 Å². The van der Waals surface area contributed by atoms with Crippen LogP contribution in [-0.2, 0) is 14.3 Å². The second-order valence-corrected chi connectivity index (χ2v) is 7.54. The van der Waals surface area contributed by atoms with E-state index in [1.807, 2.05) is 18.2 Å². The van der Waals surface area contributed by atoms with E-state index in [4.69, 9.17) is 9.15 Å². The Kier molecular flexibility index (Phi) is 7.35. The predicted octanol–water partition coefficient (Wildman–Crippen LogP) is 4.08. The molecule has 1 atom stereocenters. The van der Waals surface area contributed by atoms with Gasteiger partial charge in [-0.2, -0.15) is 5.26 Å². The van der Waals surface area contributed by atoms with Crippen LogP contribution in [0.4, 0.5) is 5.69 Å². The lowest BCUT2D eigenvalue weighted by Crippen LogP contribution is -2.29. The second kappa shape index (κ2) is 10.4. The highest BCUT2D eigenvalue weighted by molar-refractivity contribution is 8.03. The van der Waals surface area contributed by atoms with Crippen LogP contribution in [0.2, 0.25) is 0 Å². The number of anilines is 1. The quantitative estimate of drug-likeness (QED) is 0.476. The first kappa shape index (κ1) is 22.0. The summed E-state index contributed by atoms with van der Waals surface area (Å²) in [6, 6.07) is 14.7. The normalized spacial score (nSPS) is 15.7. The number of hydrogen-bond donors (Lipinski definition) is 2. The molecule has 0 saturated heterocycles. The molecule has 7 nitrogen and oxygen atoms in total. The number of dihydropyridines is 1. The molecule has 1 amide bonds. The summed E-state index contributed by atoms with van der Waals surface area (Å²) in [7, 11) is 0. The number of amides is 1. The highest BCUT2D eigenvalue weighted by Gasteiger charge is 2.37. The highest BCUT2D eigenvalue weighted by atomic mass is 32.2. The summed E-state index contributed by atoms with van der Waals surface area (Å²) in [4.78, 5) is 25.1. The number of para-hydroxylation sites is 1. The number of carbonyl (C=O) groups excluding carboxylic acids is 2. The smallest absolute Gasteiger partial charge is 0.337 e. The van der Waals surface area contributed by atoms with Gasteiger partial charge in [0.2, 0.25) is 5.91 Å². The molecule has 0 saturated carbocycles. The minimum Gasteiger partial charge on any atom is -0.468 e. The molecule has 1 aromatic carbocycles. The zero-order valence-electron chi connectivity index (χ0n) is 16.9. The van der Waals surface area contributed by atoms with E-state index in [0.29, 0.717) is 22.2 Å². The SMILES string of the molecule is C=CCOC(=O)C1=C(C)NC(SCC(=O)Nc2ccccc2)=C(C#N)[C@H]1c1ccco1. The van der Waals surface area contributed by atoms with E-state index in [-0.39, 0.29) is 29.4 Å². The third-order valence-corrected chi connectivity index (χ3v) is 5.45. The zero-order chi connectivity index (χ0) is 22.2. The minimum atomic E-state index is -0.738. The third kappa shape index (κ3) is 5.27. The number of carbonyl (C=O) groups is 2. The Labute approximate surface area is 184 Å². The number of ether oxygens (including phenoxy) is 1. The molecule has 158 valence electrons. The Balaban J connectivity index is 1.84. The van der Waals surface area contributed by atoms with Crippen molar-refractivity contribution < 1.29 is 18.7 Å². The Hall–Kier alpha value is -3.70. The lowest BCUT2D eigenvalue weighted by molar-refractivity contribution is -0.138. The minimum absolute atomic E-state index is 0.0490. The van der Waals surface area contributed by atoms with E-state index in [1.165, 1.54) is 24.1 Å². The van der Waals surface area contributed by atoms with Crippen LogP contribution in [0, 0.1) is 11.3 Å². The van der Waals surface area contributed by atoms with Gasteiger partial charge in [0.05, 0.1) is 40.2 Å². The monoisotopic (exact) mass is 435 g/mol. The van der Waals surface area contributed by atoms with Crippen molar-refractivity contribution in [3.8, 4) is 6.07 Å². The molecule has 0 radical (unpaired) electrons. The maximum Gasteiger partial charge on any atom is 0.337 e. The zero-order valence-corrected chi connectivity index (χ0v) is 17.7. The van der Waals surface area contributed by atoms with Crippen LogP contribution < -0.4 is 10.6 Å². The van der Waals surface area contributed by atoms with Crippen LogP contribution in [0.1, 0.15) is 18.6 Å². The molecule has 2 aromatic rings. The molecule has 8 heteroatoms. The standard InChI is InChI=1S/C23H21N3O4S/c1-3-11-30-23(28)20-15(2)25-22(17(13-24)21(20)18-10-7-12-29-18)31-14-19(27)26-16-8-5-4-6-9-16/h3-10,12,21,25H,1,11,14H2,2H3,(H,26,27)/t21-/m0/s1. The van der Waals surface area contributed by atoms with Gasteiger partial charge in [0.1, 0.15) is 12.4 Å². The van der Waals surface area contributed by atoms with E-state index in [9.17, 15) is 14.9 Å². The molecule has 1 aliphatic heterocycles. The predicted molar refractivity (Wildman–Crippen MR) is 119 cm³/mol. The van der Waals surface area contributed by atoms with Crippen molar-refractivity contribution >= 4 is 29.3 Å². The van der Waals surface area contributed by atoms with E-state index in [2.05, 4.69) is 23.3 Å². The molecular formula is C23H21N3O4S. The Morgan fingerprint density at radius 1 is 1.32 bits per heavy atom. The van der Waals surface area contributed by atoms with Gasteiger partial charge >= 0.3 is 5.97 Å². The molecule has 0 bridgehead atoms. The molecule has 1 aromatic heterocycles. The van der Waals surface area contributed by atoms with Gasteiger partial charge in [-0.3, -0.25) is 4.79 Å². The summed E-state index contributed by atoms with van der Waals surface area (Å²) in [5.41, 5.74) is 1.78. The van der Waals surface area contributed by atoms with Gasteiger partial charge in [0.25, 0.3) is 0 Å². The van der Waals surface area contributed by atoms with Gasteiger partial charge in [-0.15, -0.1) is 0 Å². The molecular weight excluding hydrogens is 414 g/mol. The number of nitrogens with one attached hydrogen (secondary N) is 2. The van der Waals surface area contributed by atoms with Crippen LogP contribution in [0.5, 0.6) is 0 Å². The Morgan fingerprint density at radius 2 is 2.10 bits per heavy atom. The maximum atomic E-state index is 12.7. The number of allylic oxidation sites excluding steroid dienone is 2. The summed E-state index contributed by atoms with van der Waals surface area (Å²) >= 11 is 1.18. The number of benzene rings is 1. The summed E-state index contributed by atoms with van der Waals surface area (Å²) in [5, 5.41) is 16.3. The lowest BCUT2D eigenvalue weighted by Gasteiger charge is -2.27. The Morgan fingerprint density at radius 3 is 2.74 bits per heavy atom. The van der Waals surface area contributed by atoms with Crippen molar-refractivity contribution in [2.24, 2.45) is 0 Å². The van der Waals surface area contributed by atoms with Crippen LogP contribution >= 0.6 is 11.8 Å². The third-order valence-electron chi connectivity index (χ3n) is 4.43. The van der Waals surface area contributed by atoms with E-state index >= 15 is 0 Å². The van der Waals surface area contributed by atoms with Crippen LogP contribution in [0.3, 0.4) is 0 Å². The van der Waals surface area contributed by atoms with E-state index < -0.39 is 11.9 Å². The fourth-order valence-electron chi connectivity index (χ4n) is 3.11. The first-order valence-corrected chi connectivity index (χ1v) is 10.4. The summed E-state index contributed by atoms with van der Waals surface area (Å²) in [6.07, 6.45) is 2.95. The lowest BCUT2D eigenvalue weighted by atomic mass is 9.86. The molecule has 2 heterocycles. The molecule has 0 unspecified atom stereocenters. The van der Waals surface area contributed by atoms with Crippen LogP contribution in [0.15, 0.2) is 87.7 Å². The molecule has 1 aliphatic rings. The fourth-order valence-corrected chi connectivity index (χ4v) is 4.00. The van der Waals surface area contributed by atoms with Gasteiger partial charge in [-0.1, -0.05) is 42.6 Å². The average molecular weight is 436 g/mol. The largest absolute Gasteiger partial charge is 0.468 e. The topological polar surface area (TPSA) is 104 Å². The molecule has 0 fully saturated rings. The summed E-state index contributed by atoms with van der Waals surface area (Å²) in [6.45, 7) is 5.32. The first-order valence-electron chi connectivity index (χ1n) is 9.46. The van der Waals surface area contributed by atoms with Crippen molar-refractivity contribution in [1.29, 1.82) is 5.26 Å². The van der Waals surface area contributed by atoms with Crippen molar-refractivity contribution in [3.63, 3.8) is 0 Å².